The Bertz CT molecular complexity index is 658. The molecule has 1 aromatic carbocycles. The maximum atomic E-state index is 12.6. The molecule has 6 nitrogen and oxygen atoms in total. The van der Waals surface area contributed by atoms with Crippen LogP contribution in [0.3, 0.4) is 0 Å². The van der Waals surface area contributed by atoms with Crippen molar-refractivity contribution in [1.82, 2.24) is 9.21 Å². The van der Waals surface area contributed by atoms with E-state index in [2.05, 4.69) is 0 Å². The first-order valence-electron chi connectivity index (χ1n) is 8.20. The first kappa shape index (κ1) is 18.7. The fourth-order valence-corrected chi connectivity index (χ4v) is 3.97. The molecule has 0 N–H and O–H groups in total. The van der Waals surface area contributed by atoms with Gasteiger partial charge in [-0.05, 0) is 31.9 Å². The molecule has 1 atom stereocenters. The van der Waals surface area contributed by atoms with Crippen molar-refractivity contribution < 1.29 is 17.9 Å². The molecule has 134 valence electrons. The lowest BCUT2D eigenvalue weighted by molar-refractivity contribution is -0.135. The Hall–Kier alpha value is -1.60. The Morgan fingerprint density at radius 2 is 1.96 bits per heavy atom. The lowest BCUT2D eigenvalue weighted by Crippen LogP contribution is -2.52. The average molecular weight is 354 g/mol. The van der Waals surface area contributed by atoms with Crippen molar-refractivity contribution in [1.29, 1.82) is 0 Å². The van der Waals surface area contributed by atoms with Gasteiger partial charge in [-0.2, -0.15) is 4.31 Å². The quantitative estimate of drug-likeness (QED) is 0.779. The van der Waals surface area contributed by atoms with Gasteiger partial charge in [-0.25, -0.2) is 8.42 Å². The van der Waals surface area contributed by atoms with E-state index in [0.29, 0.717) is 26.1 Å². The highest BCUT2D eigenvalue weighted by molar-refractivity contribution is 7.88. The normalized spacial score (nSPS) is 19.0. The van der Waals surface area contributed by atoms with Gasteiger partial charge >= 0.3 is 0 Å². The molecule has 2 rings (SSSR count). The van der Waals surface area contributed by atoms with Crippen molar-refractivity contribution in [3.05, 3.63) is 29.8 Å². The van der Waals surface area contributed by atoms with Crippen molar-refractivity contribution >= 4 is 15.9 Å². The van der Waals surface area contributed by atoms with Gasteiger partial charge in [-0.1, -0.05) is 24.1 Å². The van der Waals surface area contributed by atoms with Crippen LogP contribution in [0.25, 0.3) is 0 Å². The SMILES string of the molecule is Cc1ccc(OCCN(C)C(=O)C2CCCCN2S(C)(=O)=O)cc1. The van der Waals surface area contributed by atoms with Gasteiger partial charge in [-0.15, -0.1) is 0 Å². The van der Waals surface area contributed by atoms with Gasteiger partial charge in [-0.3, -0.25) is 4.79 Å². The number of likely N-dealkylation sites (N-methyl/N-ethyl adjacent to an activating group) is 1. The fraction of sp³-hybridized carbons (Fsp3) is 0.588. The summed E-state index contributed by atoms with van der Waals surface area (Å²) in [5.74, 6) is 0.601. The molecule has 1 unspecified atom stereocenters. The van der Waals surface area contributed by atoms with Gasteiger partial charge in [0.25, 0.3) is 0 Å². The molecular formula is C17H26N2O4S. The molecule has 0 bridgehead atoms. The fourth-order valence-electron chi connectivity index (χ4n) is 2.85. The second kappa shape index (κ2) is 7.98. The summed E-state index contributed by atoms with van der Waals surface area (Å²) in [5.41, 5.74) is 1.16. The zero-order valence-corrected chi connectivity index (χ0v) is 15.4. The minimum absolute atomic E-state index is 0.160. The summed E-state index contributed by atoms with van der Waals surface area (Å²) in [6.07, 6.45) is 3.42. The number of nitrogens with zero attached hydrogens (tertiary/aromatic N) is 2. The van der Waals surface area contributed by atoms with Crippen molar-refractivity contribution in [3.8, 4) is 5.75 Å². The second-order valence-corrected chi connectivity index (χ2v) is 8.24. The van der Waals surface area contributed by atoms with Crippen molar-refractivity contribution in [2.75, 3.05) is 33.0 Å². The van der Waals surface area contributed by atoms with Gasteiger partial charge in [0.15, 0.2) is 0 Å². The predicted octanol–water partition coefficient (Wildman–Crippen LogP) is 1.65. The molecule has 7 heteroatoms. The topological polar surface area (TPSA) is 66.9 Å². The summed E-state index contributed by atoms with van der Waals surface area (Å²) in [6, 6.07) is 7.14. The van der Waals surface area contributed by atoms with E-state index in [9.17, 15) is 13.2 Å². The molecule has 1 aromatic rings. The number of piperidine rings is 1. The maximum absolute atomic E-state index is 12.6. The van der Waals surface area contributed by atoms with E-state index >= 15 is 0 Å². The van der Waals surface area contributed by atoms with E-state index in [0.717, 1.165) is 24.2 Å². The highest BCUT2D eigenvalue weighted by Gasteiger charge is 2.35. The van der Waals surface area contributed by atoms with E-state index < -0.39 is 16.1 Å². The lowest BCUT2D eigenvalue weighted by Gasteiger charge is -2.34. The van der Waals surface area contributed by atoms with E-state index in [-0.39, 0.29) is 5.91 Å². The molecule has 1 fully saturated rings. The molecule has 1 heterocycles. The standard InChI is InChI=1S/C17H26N2O4S/c1-14-7-9-15(10-8-14)23-13-12-18(2)17(20)16-6-4-5-11-19(16)24(3,21)22/h7-10,16H,4-6,11-13H2,1-3H3. The van der Waals surface area contributed by atoms with E-state index in [1.807, 2.05) is 31.2 Å². The first-order chi connectivity index (χ1) is 11.3. The van der Waals surface area contributed by atoms with Crippen molar-refractivity contribution in [2.24, 2.45) is 0 Å². The highest BCUT2D eigenvalue weighted by Crippen LogP contribution is 2.21. The smallest absolute Gasteiger partial charge is 0.240 e. The molecule has 0 aromatic heterocycles. The zero-order valence-electron chi connectivity index (χ0n) is 14.6. The number of aryl methyl sites for hydroxylation is 1. The molecule has 0 spiro atoms. The van der Waals surface area contributed by atoms with Crippen molar-refractivity contribution in [2.45, 2.75) is 32.2 Å². The van der Waals surface area contributed by atoms with E-state index in [4.69, 9.17) is 4.74 Å². The first-order valence-corrected chi connectivity index (χ1v) is 10.0. The number of amides is 1. The van der Waals surface area contributed by atoms with Crippen LogP contribution in [0.5, 0.6) is 5.75 Å². The van der Waals surface area contributed by atoms with Gasteiger partial charge in [0.05, 0.1) is 12.8 Å². The number of carbonyl (C=O) groups excluding carboxylic acids is 1. The summed E-state index contributed by atoms with van der Waals surface area (Å²) in [7, 11) is -1.68. The minimum atomic E-state index is -3.37. The number of benzene rings is 1. The zero-order chi connectivity index (χ0) is 17.7. The molecule has 0 radical (unpaired) electrons. The monoisotopic (exact) mass is 354 g/mol. The van der Waals surface area contributed by atoms with Crippen LogP contribution in [0.2, 0.25) is 0 Å². The Kier molecular flexibility index (Phi) is 6.23. The molecule has 0 aliphatic carbocycles. The van der Waals surface area contributed by atoms with Crippen LogP contribution < -0.4 is 4.74 Å². The molecule has 24 heavy (non-hydrogen) atoms. The van der Waals surface area contributed by atoms with Crippen LogP contribution in [0.4, 0.5) is 0 Å². The third-order valence-electron chi connectivity index (χ3n) is 4.26. The molecule has 1 saturated heterocycles. The van der Waals surface area contributed by atoms with Crippen LogP contribution >= 0.6 is 0 Å². The summed E-state index contributed by atoms with van der Waals surface area (Å²) in [6.45, 7) is 3.22. The van der Waals surface area contributed by atoms with Crippen LogP contribution in [0, 0.1) is 6.92 Å². The third-order valence-corrected chi connectivity index (χ3v) is 5.55. The highest BCUT2D eigenvalue weighted by atomic mass is 32.2. The molecule has 0 saturated carbocycles. The molecule has 1 aliphatic heterocycles. The Morgan fingerprint density at radius 3 is 2.58 bits per heavy atom. The van der Waals surface area contributed by atoms with E-state index in [1.54, 1.807) is 11.9 Å². The molecule has 1 aliphatic rings. The summed E-state index contributed by atoms with van der Waals surface area (Å²) < 4.78 is 30.7. The Morgan fingerprint density at radius 1 is 1.29 bits per heavy atom. The number of hydrogen-bond donors (Lipinski definition) is 0. The summed E-state index contributed by atoms with van der Waals surface area (Å²) in [4.78, 5) is 14.2. The van der Waals surface area contributed by atoms with Crippen LogP contribution in [-0.4, -0.2) is 62.6 Å². The van der Waals surface area contributed by atoms with Gasteiger partial charge in [0.2, 0.25) is 15.9 Å². The van der Waals surface area contributed by atoms with E-state index in [1.165, 1.54) is 10.6 Å². The molecule has 1 amide bonds. The number of rotatable bonds is 6. The van der Waals surface area contributed by atoms with Gasteiger partial charge < -0.3 is 9.64 Å². The Balaban J connectivity index is 1.89. The number of hydrogen-bond acceptors (Lipinski definition) is 4. The second-order valence-electron chi connectivity index (χ2n) is 6.31. The van der Waals surface area contributed by atoms with Crippen molar-refractivity contribution in [3.63, 3.8) is 0 Å². The molecular weight excluding hydrogens is 328 g/mol. The van der Waals surface area contributed by atoms with Gasteiger partial charge in [0, 0.05) is 13.6 Å². The lowest BCUT2D eigenvalue weighted by atomic mass is 10.0. The Labute approximate surface area is 144 Å². The largest absolute Gasteiger partial charge is 0.492 e. The summed E-state index contributed by atoms with van der Waals surface area (Å²) in [5, 5.41) is 0. The van der Waals surface area contributed by atoms with Gasteiger partial charge in [0.1, 0.15) is 18.4 Å². The van der Waals surface area contributed by atoms with Crippen LogP contribution in [0.1, 0.15) is 24.8 Å². The average Bonchev–Trinajstić information content (AvgIpc) is 2.55. The number of ether oxygens (including phenoxy) is 1. The minimum Gasteiger partial charge on any atom is -0.492 e. The number of sulfonamides is 1. The van der Waals surface area contributed by atoms with Crippen LogP contribution in [-0.2, 0) is 14.8 Å². The predicted molar refractivity (Wildman–Crippen MR) is 93.5 cm³/mol. The third kappa shape index (κ3) is 4.95. The number of carbonyl (C=O) groups is 1. The summed E-state index contributed by atoms with van der Waals surface area (Å²) >= 11 is 0. The maximum Gasteiger partial charge on any atom is 0.240 e. The van der Waals surface area contributed by atoms with Crippen LogP contribution in [0.15, 0.2) is 24.3 Å².